The molecular weight excluding hydrogens is 288 g/mol. The van der Waals surface area contributed by atoms with Gasteiger partial charge in [-0.05, 0) is 50.6 Å². The van der Waals surface area contributed by atoms with E-state index in [0.29, 0.717) is 30.2 Å². The largest absolute Gasteiger partial charge is 0.491 e. The van der Waals surface area contributed by atoms with Gasteiger partial charge in [0, 0.05) is 5.56 Å². The smallest absolute Gasteiger partial charge is 0.176 e. The zero-order valence-electron chi connectivity index (χ0n) is 14.9. The molecular formula is C19H32N2O2. The van der Waals surface area contributed by atoms with Crippen LogP contribution >= 0.6 is 0 Å². The molecule has 0 saturated carbocycles. The van der Waals surface area contributed by atoms with Crippen molar-refractivity contribution in [3.05, 3.63) is 23.8 Å². The first-order chi connectivity index (χ1) is 11.1. The van der Waals surface area contributed by atoms with Gasteiger partial charge in [0.15, 0.2) is 5.78 Å². The lowest BCUT2D eigenvalue weighted by molar-refractivity contribution is 0.0928. The molecule has 0 spiro atoms. The van der Waals surface area contributed by atoms with Gasteiger partial charge in [0.1, 0.15) is 5.75 Å². The summed E-state index contributed by atoms with van der Waals surface area (Å²) >= 11 is 0. The average Bonchev–Trinajstić information content (AvgIpc) is 2.55. The molecule has 0 bridgehead atoms. The second kappa shape index (κ2) is 11.1. The molecule has 2 N–H and O–H groups in total. The van der Waals surface area contributed by atoms with Crippen LogP contribution < -0.4 is 10.5 Å². The van der Waals surface area contributed by atoms with Crippen molar-refractivity contribution < 1.29 is 9.53 Å². The highest BCUT2D eigenvalue weighted by Crippen LogP contribution is 2.23. The van der Waals surface area contributed by atoms with Crippen LogP contribution in [0.1, 0.15) is 63.2 Å². The van der Waals surface area contributed by atoms with Crippen LogP contribution in [0.3, 0.4) is 0 Å². The Morgan fingerprint density at radius 1 is 1.09 bits per heavy atom. The van der Waals surface area contributed by atoms with Crippen molar-refractivity contribution in [1.29, 1.82) is 0 Å². The zero-order valence-corrected chi connectivity index (χ0v) is 14.9. The molecule has 23 heavy (non-hydrogen) atoms. The second-order valence-corrected chi connectivity index (χ2v) is 6.01. The molecule has 0 heterocycles. The van der Waals surface area contributed by atoms with Gasteiger partial charge >= 0.3 is 0 Å². The molecule has 0 amide bonds. The van der Waals surface area contributed by atoms with Gasteiger partial charge in [-0.3, -0.25) is 9.69 Å². The van der Waals surface area contributed by atoms with Crippen LogP contribution in [0.5, 0.6) is 5.75 Å². The Morgan fingerprint density at radius 2 is 1.74 bits per heavy atom. The van der Waals surface area contributed by atoms with Crippen molar-refractivity contribution in [3.63, 3.8) is 0 Å². The Bertz CT molecular complexity index is 466. The highest BCUT2D eigenvalue weighted by atomic mass is 16.5. The highest BCUT2D eigenvalue weighted by molar-refractivity contribution is 5.98. The molecule has 0 aliphatic rings. The van der Waals surface area contributed by atoms with Gasteiger partial charge in [-0.25, -0.2) is 0 Å². The minimum absolute atomic E-state index is 0.131. The number of carbonyl (C=O) groups excluding carboxylic acids is 1. The van der Waals surface area contributed by atoms with Crippen LogP contribution in [0.2, 0.25) is 0 Å². The first-order valence-corrected chi connectivity index (χ1v) is 8.90. The number of benzene rings is 1. The lowest BCUT2D eigenvalue weighted by atomic mass is 10.1. The maximum absolute atomic E-state index is 12.5. The second-order valence-electron chi connectivity index (χ2n) is 6.01. The average molecular weight is 320 g/mol. The monoisotopic (exact) mass is 320 g/mol. The van der Waals surface area contributed by atoms with E-state index in [1.807, 2.05) is 6.07 Å². The Morgan fingerprint density at radius 3 is 2.26 bits per heavy atom. The summed E-state index contributed by atoms with van der Waals surface area (Å²) in [5, 5.41) is 0. The molecule has 130 valence electrons. The summed E-state index contributed by atoms with van der Waals surface area (Å²) in [6.07, 6.45) is 5.48. The normalized spacial score (nSPS) is 11.0. The van der Waals surface area contributed by atoms with Gasteiger partial charge in [-0.15, -0.1) is 0 Å². The van der Waals surface area contributed by atoms with Crippen molar-refractivity contribution in [2.75, 3.05) is 32.0 Å². The van der Waals surface area contributed by atoms with Crippen molar-refractivity contribution in [2.45, 2.75) is 52.9 Å². The predicted octanol–water partition coefficient (Wildman–Crippen LogP) is 4.14. The molecule has 0 radical (unpaired) electrons. The number of Topliss-reactive ketones (excluding diaryl/α,β-unsaturated/α-hetero) is 1. The van der Waals surface area contributed by atoms with Crippen LogP contribution in [0.25, 0.3) is 0 Å². The fraction of sp³-hybridized carbons (Fsp3) is 0.632. The third kappa shape index (κ3) is 7.04. The highest BCUT2D eigenvalue weighted by Gasteiger charge is 2.13. The SMILES string of the molecule is CCCCN(CCCC)CC(=O)c1ccc(OCCC)c(N)c1. The first kappa shape index (κ1) is 19.5. The number of carbonyl (C=O) groups is 1. The van der Waals surface area contributed by atoms with E-state index < -0.39 is 0 Å². The van der Waals surface area contributed by atoms with E-state index in [0.717, 1.165) is 45.2 Å². The predicted molar refractivity (Wildman–Crippen MR) is 97.2 cm³/mol. The maximum atomic E-state index is 12.5. The quantitative estimate of drug-likeness (QED) is 0.464. The number of anilines is 1. The summed E-state index contributed by atoms with van der Waals surface area (Å²) < 4.78 is 5.56. The molecule has 4 nitrogen and oxygen atoms in total. The van der Waals surface area contributed by atoms with Crippen molar-refractivity contribution in [3.8, 4) is 5.75 Å². The number of hydrogen-bond acceptors (Lipinski definition) is 4. The number of ether oxygens (including phenoxy) is 1. The van der Waals surface area contributed by atoms with E-state index in [2.05, 4.69) is 25.7 Å². The molecule has 0 aromatic heterocycles. The number of nitrogens with zero attached hydrogens (tertiary/aromatic N) is 1. The minimum Gasteiger partial charge on any atom is -0.491 e. The van der Waals surface area contributed by atoms with E-state index in [-0.39, 0.29) is 5.78 Å². The molecule has 0 fully saturated rings. The molecule has 0 aliphatic heterocycles. The molecule has 1 aromatic carbocycles. The van der Waals surface area contributed by atoms with E-state index >= 15 is 0 Å². The zero-order chi connectivity index (χ0) is 17.1. The van der Waals surface area contributed by atoms with Crippen LogP contribution in [0.15, 0.2) is 18.2 Å². The third-order valence-corrected chi connectivity index (χ3v) is 3.82. The lowest BCUT2D eigenvalue weighted by Gasteiger charge is -2.21. The molecule has 4 heteroatoms. The van der Waals surface area contributed by atoms with Gasteiger partial charge in [-0.2, -0.15) is 0 Å². The molecule has 1 aromatic rings. The summed E-state index contributed by atoms with van der Waals surface area (Å²) in [4.78, 5) is 14.8. The van der Waals surface area contributed by atoms with Crippen LogP contribution in [-0.4, -0.2) is 36.9 Å². The molecule has 0 atom stereocenters. The standard InChI is InChI=1S/C19H32N2O2/c1-4-7-11-21(12-8-5-2)15-18(22)16-9-10-19(17(20)14-16)23-13-6-3/h9-10,14H,4-8,11-13,15,20H2,1-3H3. The van der Waals surface area contributed by atoms with E-state index in [1.54, 1.807) is 12.1 Å². The van der Waals surface area contributed by atoms with E-state index in [4.69, 9.17) is 10.5 Å². The summed E-state index contributed by atoms with van der Waals surface area (Å²) in [6, 6.07) is 5.37. The number of ketones is 1. The topological polar surface area (TPSA) is 55.6 Å². The Labute approximate surface area is 141 Å². The lowest BCUT2D eigenvalue weighted by Crippen LogP contribution is -2.32. The fourth-order valence-electron chi connectivity index (χ4n) is 2.39. The van der Waals surface area contributed by atoms with E-state index in [9.17, 15) is 4.79 Å². The van der Waals surface area contributed by atoms with Gasteiger partial charge in [-0.1, -0.05) is 33.6 Å². The summed E-state index contributed by atoms with van der Waals surface area (Å²) in [5.41, 5.74) is 7.21. The molecule has 0 unspecified atom stereocenters. The van der Waals surface area contributed by atoms with Crippen LogP contribution in [0.4, 0.5) is 5.69 Å². The molecule has 1 rings (SSSR count). The Balaban J connectivity index is 2.68. The van der Waals surface area contributed by atoms with Gasteiger partial charge in [0.05, 0.1) is 18.8 Å². The van der Waals surface area contributed by atoms with E-state index in [1.165, 1.54) is 0 Å². The van der Waals surface area contributed by atoms with Crippen LogP contribution in [0, 0.1) is 0 Å². The third-order valence-electron chi connectivity index (χ3n) is 3.82. The summed E-state index contributed by atoms with van der Waals surface area (Å²) in [7, 11) is 0. The number of nitrogen functional groups attached to an aromatic ring is 1. The minimum atomic E-state index is 0.131. The summed E-state index contributed by atoms with van der Waals surface area (Å²) in [6.45, 7) is 9.47. The Kier molecular flexibility index (Phi) is 9.37. The van der Waals surface area contributed by atoms with Crippen LogP contribution in [-0.2, 0) is 0 Å². The van der Waals surface area contributed by atoms with Gasteiger partial charge in [0.25, 0.3) is 0 Å². The van der Waals surface area contributed by atoms with Crippen molar-refractivity contribution in [2.24, 2.45) is 0 Å². The van der Waals surface area contributed by atoms with Gasteiger partial charge in [0.2, 0.25) is 0 Å². The van der Waals surface area contributed by atoms with Crippen molar-refractivity contribution >= 4 is 11.5 Å². The fourth-order valence-corrected chi connectivity index (χ4v) is 2.39. The number of nitrogens with two attached hydrogens (primary N) is 1. The first-order valence-electron chi connectivity index (χ1n) is 8.90. The summed E-state index contributed by atoms with van der Waals surface area (Å²) in [5.74, 6) is 0.795. The molecule has 0 aliphatic carbocycles. The van der Waals surface area contributed by atoms with Crippen molar-refractivity contribution in [1.82, 2.24) is 4.90 Å². The Hall–Kier alpha value is -1.55. The number of hydrogen-bond donors (Lipinski definition) is 1. The van der Waals surface area contributed by atoms with Gasteiger partial charge < -0.3 is 10.5 Å². The number of unbranched alkanes of at least 4 members (excludes halogenated alkanes) is 2. The maximum Gasteiger partial charge on any atom is 0.176 e. The number of rotatable bonds is 12. The molecule has 0 saturated heterocycles.